The number of likely N-dealkylation sites (N-methyl/N-ethyl adjacent to an activating group) is 2. The van der Waals surface area contributed by atoms with Gasteiger partial charge >= 0.3 is 17.1 Å². The van der Waals surface area contributed by atoms with E-state index >= 15 is 0 Å². The molecule has 25 heavy (non-hydrogen) atoms. The molecule has 0 atom stereocenters. The van der Waals surface area contributed by atoms with Crippen LogP contribution in [0.15, 0.2) is 0 Å². The van der Waals surface area contributed by atoms with Gasteiger partial charge in [-0.2, -0.15) is 0 Å². The second kappa shape index (κ2) is 30.6. The van der Waals surface area contributed by atoms with Crippen LogP contribution in [0.2, 0.25) is 0 Å². The van der Waals surface area contributed by atoms with E-state index in [0.29, 0.717) is 0 Å². The average molecular weight is 420 g/mol. The minimum absolute atomic E-state index is 0. The Bertz CT molecular complexity index is 236. The molecule has 0 aliphatic heterocycles. The van der Waals surface area contributed by atoms with E-state index in [9.17, 15) is 0 Å². The van der Waals surface area contributed by atoms with Gasteiger partial charge in [0.1, 0.15) is 0 Å². The molecule has 0 aliphatic carbocycles. The first-order chi connectivity index (χ1) is 11.2. The summed E-state index contributed by atoms with van der Waals surface area (Å²) >= 11 is 0. The first kappa shape index (κ1) is 35.0. The molecule has 0 heterocycles. The third-order valence-electron chi connectivity index (χ3n) is 2.68. The summed E-state index contributed by atoms with van der Waals surface area (Å²) < 4.78 is 0. The van der Waals surface area contributed by atoms with Crippen molar-refractivity contribution < 1.29 is 27.2 Å². The maximum Gasteiger partial charge on any atom is 2.00 e. The van der Waals surface area contributed by atoms with Crippen molar-refractivity contribution in [1.82, 2.24) is 9.80 Å². The molecular weight excluding hydrogens is 388 g/mol. The second-order valence-corrected chi connectivity index (χ2v) is 4.08. The van der Waals surface area contributed by atoms with Gasteiger partial charge in [0.2, 0.25) is 0 Å². The van der Waals surface area contributed by atoms with Gasteiger partial charge in [0.15, 0.2) is 0 Å². The number of rotatable bonds is 8. The van der Waals surface area contributed by atoms with Crippen LogP contribution in [0.3, 0.4) is 0 Å². The summed E-state index contributed by atoms with van der Waals surface area (Å²) in [5.74, 6) is 0. The minimum Gasteiger partial charge on any atom is -0.356 e. The van der Waals surface area contributed by atoms with Gasteiger partial charge < -0.3 is 51.9 Å². The number of nitrogens with zero attached hydrogens (tertiary/aromatic N) is 4. The summed E-state index contributed by atoms with van der Waals surface area (Å²) in [5, 5.41) is 29.5. The molecule has 4 N–H and O–H groups in total. The van der Waals surface area contributed by atoms with Crippen LogP contribution in [0, 0.1) is 30.6 Å². The van der Waals surface area contributed by atoms with Gasteiger partial charge in [-0.3, -0.25) is 0 Å². The predicted octanol–water partition coefficient (Wildman–Crippen LogP) is 0.0931. The first-order valence-electron chi connectivity index (χ1n) is 7.64. The normalized spacial score (nSPS) is 8.64. The molecule has 0 aromatic carbocycles. The van der Waals surface area contributed by atoms with E-state index in [1.807, 2.05) is 0 Å². The van der Waals surface area contributed by atoms with Crippen LogP contribution in [0.1, 0.15) is 27.7 Å². The zero-order chi connectivity index (χ0) is 20.0. The molecule has 0 bridgehead atoms. The Morgan fingerprint density at radius 3 is 0.880 bits per heavy atom. The number of nitrogens with two attached hydrogens (primary N) is 2. The molecule has 0 aromatic rings. The van der Waals surface area contributed by atoms with Crippen LogP contribution < -0.4 is 11.5 Å². The van der Waals surface area contributed by atoms with Crippen LogP contribution in [0.25, 0.3) is 0 Å². The quantitative estimate of drug-likeness (QED) is 0.309. The molecule has 0 aromatic heterocycles. The van der Waals surface area contributed by atoms with Gasteiger partial charge in [-0.15, -0.1) is 0 Å². The fourth-order valence-corrected chi connectivity index (χ4v) is 1.44. The Balaban J connectivity index is -0.0000000739. The van der Waals surface area contributed by atoms with Crippen LogP contribution in [0.4, 0.5) is 0 Å². The first-order valence-corrected chi connectivity index (χ1v) is 7.64. The van der Waals surface area contributed by atoms with E-state index in [1.165, 1.54) is 0 Å². The van der Waals surface area contributed by atoms with Crippen LogP contribution in [-0.2, 0) is 17.1 Å². The van der Waals surface area contributed by atoms with Gasteiger partial charge in [-0.05, 0) is 26.2 Å². The zero-order valence-electron chi connectivity index (χ0n) is 15.4. The average Bonchev–Trinajstić information content (AvgIpc) is 2.49. The molecule has 0 spiro atoms. The third-order valence-corrected chi connectivity index (χ3v) is 2.68. The summed E-state index contributed by atoms with van der Waals surface area (Å²) in [5.41, 5.74) is 10.7. The number of hydrogen-bond donors (Lipinski definition) is 2. The Morgan fingerprint density at radius 2 is 0.840 bits per heavy atom. The van der Waals surface area contributed by atoms with Crippen LogP contribution in [0.5, 0.6) is 0 Å². The molecule has 0 unspecified atom stereocenters. The number of hydrogen-bond acceptors (Lipinski definition) is 10. The molecule has 0 rings (SSSR count). The molecule has 1 radical (unpaired) electrons. The van der Waals surface area contributed by atoms with Crippen molar-refractivity contribution in [2.75, 3.05) is 52.4 Å². The molecule has 12 nitrogen and oxygen atoms in total. The monoisotopic (exact) mass is 419 g/mol. The minimum atomic E-state index is -1.75. The predicted molar refractivity (Wildman–Crippen MR) is 94.4 cm³/mol. The van der Waals surface area contributed by atoms with Crippen LogP contribution >= 0.6 is 0 Å². The molecule has 0 fully saturated rings. The fourth-order valence-electron chi connectivity index (χ4n) is 1.44. The van der Waals surface area contributed by atoms with Gasteiger partial charge in [0.05, 0.1) is 10.2 Å². The smallest absolute Gasteiger partial charge is 0.356 e. The molecule has 13 heteroatoms. The zero-order valence-corrected chi connectivity index (χ0v) is 16.3. The Kier molecular flexibility index (Phi) is 42.8. The SMILES string of the molecule is CCN(CC)CCN.CCN(CC)CCN.O=[N+]([O-])[O-].O=[N+]([O-])[O-].[Cu+2]. The van der Waals surface area contributed by atoms with E-state index in [1.54, 1.807) is 0 Å². The summed E-state index contributed by atoms with van der Waals surface area (Å²) in [4.78, 5) is 21.1. The van der Waals surface area contributed by atoms with Gasteiger partial charge in [0.25, 0.3) is 0 Å². The Labute approximate surface area is 159 Å². The Hall–Kier alpha value is -1.24. The molecule has 0 saturated carbocycles. The molecular formula is C12H32CuN6O6. The Morgan fingerprint density at radius 1 is 0.680 bits per heavy atom. The van der Waals surface area contributed by atoms with Gasteiger partial charge in [0, 0.05) is 26.2 Å². The summed E-state index contributed by atoms with van der Waals surface area (Å²) in [7, 11) is 0. The largest absolute Gasteiger partial charge is 2.00 e. The topological polar surface area (TPSA) is 191 Å². The van der Waals surface area contributed by atoms with E-state index in [2.05, 4.69) is 37.5 Å². The molecule has 0 amide bonds. The van der Waals surface area contributed by atoms with E-state index < -0.39 is 10.2 Å². The maximum absolute atomic E-state index is 8.25. The summed E-state index contributed by atoms with van der Waals surface area (Å²) in [6, 6.07) is 0. The third kappa shape index (κ3) is 60.2. The second-order valence-electron chi connectivity index (χ2n) is 4.08. The summed E-state index contributed by atoms with van der Waals surface area (Å²) in [6.07, 6.45) is 0. The molecule has 0 saturated heterocycles. The van der Waals surface area contributed by atoms with Crippen LogP contribution in [-0.4, -0.2) is 72.3 Å². The molecule has 157 valence electrons. The van der Waals surface area contributed by atoms with Crippen molar-refractivity contribution in [3.63, 3.8) is 0 Å². The van der Waals surface area contributed by atoms with Gasteiger partial charge in [-0.1, -0.05) is 27.7 Å². The standard InChI is InChI=1S/2C6H16N2.Cu.2NO3/c2*1-3-8(4-2)6-5-7;;2*2-1(3)4/h2*3-7H2,1-2H3;;;/q;;+2;2*-1. The van der Waals surface area contributed by atoms with E-state index in [-0.39, 0.29) is 17.1 Å². The van der Waals surface area contributed by atoms with Crippen molar-refractivity contribution in [3.05, 3.63) is 30.6 Å². The van der Waals surface area contributed by atoms with Gasteiger partial charge in [-0.25, -0.2) is 0 Å². The van der Waals surface area contributed by atoms with Crippen molar-refractivity contribution in [1.29, 1.82) is 0 Å². The van der Waals surface area contributed by atoms with Crippen molar-refractivity contribution in [2.45, 2.75) is 27.7 Å². The maximum atomic E-state index is 8.25. The summed E-state index contributed by atoms with van der Waals surface area (Å²) in [6.45, 7) is 16.7. The van der Waals surface area contributed by atoms with E-state index in [0.717, 1.165) is 52.4 Å². The van der Waals surface area contributed by atoms with Crippen molar-refractivity contribution >= 4 is 0 Å². The fraction of sp³-hybridized carbons (Fsp3) is 1.00. The van der Waals surface area contributed by atoms with Crippen molar-refractivity contribution in [2.24, 2.45) is 11.5 Å². The van der Waals surface area contributed by atoms with Crippen molar-refractivity contribution in [3.8, 4) is 0 Å². The van der Waals surface area contributed by atoms with E-state index in [4.69, 9.17) is 42.1 Å². The molecule has 0 aliphatic rings.